The van der Waals surface area contributed by atoms with E-state index >= 15 is 0 Å². The lowest BCUT2D eigenvalue weighted by atomic mass is 10.3. The average molecular weight is 237 g/mol. The van der Waals surface area contributed by atoms with Crippen LogP contribution in [0.4, 0.5) is 0 Å². The van der Waals surface area contributed by atoms with Gasteiger partial charge in [-0.05, 0) is 35.4 Å². The van der Waals surface area contributed by atoms with Gasteiger partial charge >= 0.3 is 0 Å². The third-order valence-corrected chi connectivity index (χ3v) is 3.18. The molecule has 0 aliphatic carbocycles. The molecule has 0 radical (unpaired) electrons. The lowest BCUT2D eigenvalue weighted by Crippen LogP contribution is -2.12. The summed E-state index contributed by atoms with van der Waals surface area (Å²) in [5.41, 5.74) is 5.82. The molecular formula is C8H7N5S2. The number of amidine groups is 1. The smallest absolute Gasteiger partial charge is 0.175 e. The standard InChI is InChI=1S/C8H7N5S2/c9-7(10)5-2-1-3-6(13-5)14-8-11-4-12-15-8/h1-4H,(H3,9,10). The maximum atomic E-state index is 7.26. The summed E-state index contributed by atoms with van der Waals surface area (Å²) in [7, 11) is 0. The highest BCUT2D eigenvalue weighted by Gasteiger charge is 2.04. The second kappa shape index (κ2) is 4.37. The fraction of sp³-hybridized carbons (Fsp3) is 0. The molecule has 0 saturated heterocycles. The van der Waals surface area contributed by atoms with Crippen LogP contribution in [0.1, 0.15) is 5.69 Å². The fourth-order valence-corrected chi connectivity index (χ4v) is 2.30. The second-order valence-electron chi connectivity index (χ2n) is 2.58. The molecule has 0 unspecified atom stereocenters. The first kappa shape index (κ1) is 10.1. The number of nitrogen functional groups attached to an aromatic ring is 1. The first-order chi connectivity index (χ1) is 7.25. The van der Waals surface area contributed by atoms with Gasteiger partial charge in [0, 0.05) is 0 Å². The molecule has 5 nitrogen and oxygen atoms in total. The van der Waals surface area contributed by atoms with Crippen molar-refractivity contribution in [2.75, 3.05) is 0 Å². The summed E-state index contributed by atoms with van der Waals surface area (Å²) in [6.45, 7) is 0. The van der Waals surface area contributed by atoms with Crippen molar-refractivity contribution in [2.24, 2.45) is 5.73 Å². The minimum atomic E-state index is -0.0327. The zero-order valence-electron chi connectivity index (χ0n) is 7.54. The minimum Gasteiger partial charge on any atom is -0.382 e. The van der Waals surface area contributed by atoms with Crippen molar-refractivity contribution in [3.05, 3.63) is 30.2 Å². The maximum Gasteiger partial charge on any atom is 0.175 e. The highest BCUT2D eigenvalue weighted by atomic mass is 32.2. The van der Waals surface area contributed by atoms with Crippen LogP contribution in [-0.2, 0) is 0 Å². The Morgan fingerprint density at radius 1 is 1.47 bits per heavy atom. The topological polar surface area (TPSA) is 88.5 Å². The predicted molar refractivity (Wildman–Crippen MR) is 59.3 cm³/mol. The summed E-state index contributed by atoms with van der Waals surface area (Å²) in [4.78, 5) is 8.23. The summed E-state index contributed by atoms with van der Waals surface area (Å²) in [6, 6.07) is 5.36. The maximum absolute atomic E-state index is 7.26. The molecule has 0 amide bonds. The van der Waals surface area contributed by atoms with Crippen molar-refractivity contribution in [3.8, 4) is 0 Å². The summed E-state index contributed by atoms with van der Waals surface area (Å²) in [5, 5.41) is 8.03. The van der Waals surface area contributed by atoms with E-state index in [0.717, 1.165) is 9.37 Å². The molecule has 2 aromatic heterocycles. The molecule has 76 valence electrons. The van der Waals surface area contributed by atoms with Crippen LogP contribution in [-0.4, -0.2) is 20.2 Å². The zero-order valence-corrected chi connectivity index (χ0v) is 9.18. The summed E-state index contributed by atoms with van der Waals surface area (Å²) < 4.78 is 4.71. The molecule has 2 heterocycles. The van der Waals surface area contributed by atoms with Gasteiger partial charge in [0.2, 0.25) is 0 Å². The van der Waals surface area contributed by atoms with Crippen LogP contribution in [0.2, 0.25) is 0 Å². The molecule has 0 bridgehead atoms. The Kier molecular flexibility index (Phi) is 2.93. The summed E-state index contributed by atoms with van der Waals surface area (Å²) in [5.74, 6) is -0.0327. The number of nitrogens with zero attached hydrogens (tertiary/aromatic N) is 3. The SMILES string of the molecule is N=C(N)c1cccc(Sc2ncns2)n1. The van der Waals surface area contributed by atoms with Gasteiger partial charge < -0.3 is 5.73 Å². The van der Waals surface area contributed by atoms with Crippen molar-refractivity contribution >= 4 is 29.1 Å². The normalized spacial score (nSPS) is 10.1. The van der Waals surface area contributed by atoms with E-state index in [0.29, 0.717) is 5.69 Å². The second-order valence-corrected chi connectivity index (χ2v) is 4.63. The zero-order chi connectivity index (χ0) is 10.7. The lowest BCUT2D eigenvalue weighted by molar-refractivity contribution is 1.10. The number of hydrogen-bond acceptors (Lipinski definition) is 6. The largest absolute Gasteiger partial charge is 0.382 e. The lowest BCUT2D eigenvalue weighted by Gasteiger charge is -1.99. The average Bonchev–Trinajstić information content (AvgIpc) is 2.71. The number of nitrogens with two attached hydrogens (primary N) is 1. The van der Waals surface area contributed by atoms with E-state index in [1.54, 1.807) is 6.07 Å². The van der Waals surface area contributed by atoms with E-state index in [1.165, 1.54) is 29.6 Å². The molecule has 7 heteroatoms. The van der Waals surface area contributed by atoms with Gasteiger partial charge in [-0.15, -0.1) is 0 Å². The Labute approximate surface area is 94.4 Å². The molecule has 0 aromatic carbocycles. The highest BCUT2D eigenvalue weighted by molar-refractivity contribution is 8.00. The molecule has 0 fully saturated rings. The van der Waals surface area contributed by atoms with Gasteiger partial charge in [0.1, 0.15) is 22.9 Å². The minimum absolute atomic E-state index is 0.0327. The monoisotopic (exact) mass is 237 g/mol. The molecule has 0 atom stereocenters. The number of pyridine rings is 1. The first-order valence-electron chi connectivity index (χ1n) is 4.01. The van der Waals surface area contributed by atoms with Crippen LogP contribution in [0.3, 0.4) is 0 Å². The first-order valence-corrected chi connectivity index (χ1v) is 5.60. The number of nitrogens with one attached hydrogen (secondary N) is 1. The van der Waals surface area contributed by atoms with E-state index in [9.17, 15) is 0 Å². The van der Waals surface area contributed by atoms with Crippen LogP contribution in [0, 0.1) is 5.41 Å². The molecule has 0 saturated carbocycles. The Hall–Kier alpha value is -1.47. The van der Waals surface area contributed by atoms with Crippen molar-refractivity contribution < 1.29 is 0 Å². The number of rotatable bonds is 3. The van der Waals surface area contributed by atoms with Gasteiger partial charge in [0.15, 0.2) is 4.34 Å². The van der Waals surface area contributed by atoms with Crippen LogP contribution in [0.25, 0.3) is 0 Å². The quantitative estimate of drug-likeness (QED) is 0.621. The molecule has 2 aromatic rings. The van der Waals surface area contributed by atoms with Gasteiger partial charge in [0.25, 0.3) is 0 Å². The van der Waals surface area contributed by atoms with Gasteiger partial charge in [-0.1, -0.05) is 6.07 Å². The van der Waals surface area contributed by atoms with Crippen LogP contribution in [0.15, 0.2) is 33.9 Å². The number of hydrogen-bond donors (Lipinski definition) is 2. The molecule has 0 aliphatic rings. The molecule has 2 rings (SSSR count). The number of aromatic nitrogens is 3. The Morgan fingerprint density at radius 3 is 3.00 bits per heavy atom. The van der Waals surface area contributed by atoms with Crippen molar-refractivity contribution in [1.29, 1.82) is 5.41 Å². The molecule has 0 aliphatic heterocycles. The molecule has 0 spiro atoms. The van der Waals surface area contributed by atoms with Crippen LogP contribution >= 0.6 is 23.3 Å². The molecular weight excluding hydrogens is 230 g/mol. The van der Waals surface area contributed by atoms with Gasteiger partial charge in [-0.25, -0.2) is 9.97 Å². The fourth-order valence-electron chi connectivity index (χ4n) is 0.919. The van der Waals surface area contributed by atoms with Crippen molar-refractivity contribution in [1.82, 2.24) is 14.3 Å². The summed E-state index contributed by atoms with van der Waals surface area (Å²) in [6.07, 6.45) is 1.50. The Balaban J connectivity index is 2.22. The van der Waals surface area contributed by atoms with E-state index in [1.807, 2.05) is 12.1 Å². The van der Waals surface area contributed by atoms with Gasteiger partial charge in [0.05, 0.1) is 0 Å². The third kappa shape index (κ3) is 2.51. The van der Waals surface area contributed by atoms with E-state index in [4.69, 9.17) is 11.1 Å². The van der Waals surface area contributed by atoms with E-state index in [2.05, 4.69) is 14.3 Å². The molecule has 15 heavy (non-hydrogen) atoms. The van der Waals surface area contributed by atoms with Crippen LogP contribution in [0.5, 0.6) is 0 Å². The van der Waals surface area contributed by atoms with Gasteiger partial charge in [-0.3, -0.25) is 5.41 Å². The third-order valence-electron chi connectivity index (χ3n) is 1.53. The Morgan fingerprint density at radius 2 is 2.33 bits per heavy atom. The van der Waals surface area contributed by atoms with E-state index < -0.39 is 0 Å². The van der Waals surface area contributed by atoms with Crippen molar-refractivity contribution in [3.63, 3.8) is 0 Å². The van der Waals surface area contributed by atoms with Gasteiger partial charge in [-0.2, -0.15) is 4.37 Å². The van der Waals surface area contributed by atoms with E-state index in [-0.39, 0.29) is 5.84 Å². The highest BCUT2D eigenvalue weighted by Crippen LogP contribution is 2.26. The van der Waals surface area contributed by atoms with Crippen molar-refractivity contribution in [2.45, 2.75) is 9.37 Å². The Bertz CT molecular complexity index is 468. The predicted octanol–water partition coefficient (Wildman–Crippen LogP) is 1.37. The molecule has 3 N–H and O–H groups in total. The summed E-state index contributed by atoms with van der Waals surface area (Å²) >= 11 is 2.72. The van der Waals surface area contributed by atoms with Crippen LogP contribution < -0.4 is 5.73 Å².